The molecule has 0 atom stereocenters. The van der Waals surface area contributed by atoms with Gasteiger partial charge in [-0.1, -0.05) is 59.8 Å². The van der Waals surface area contributed by atoms with E-state index in [2.05, 4.69) is 20.8 Å². The van der Waals surface area contributed by atoms with Gasteiger partial charge in [-0.05, 0) is 23.8 Å². The van der Waals surface area contributed by atoms with E-state index in [1.807, 2.05) is 42.5 Å². The molecule has 2 aromatic carbocycles. The van der Waals surface area contributed by atoms with Crippen LogP contribution < -0.4 is 10.6 Å². The lowest BCUT2D eigenvalue weighted by Gasteiger charge is -2.08. The van der Waals surface area contributed by atoms with Gasteiger partial charge in [0.05, 0.1) is 17.9 Å². The predicted octanol–water partition coefficient (Wildman–Crippen LogP) is 2.49. The first-order chi connectivity index (χ1) is 14.1. The molecule has 0 aliphatic carbocycles. The van der Waals surface area contributed by atoms with Crippen LogP contribution in [0.25, 0.3) is 5.69 Å². The number of rotatable bonds is 9. The monoisotopic (exact) mass is 429 g/mol. The molecule has 0 saturated carbocycles. The van der Waals surface area contributed by atoms with Crippen LogP contribution in [0.5, 0.6) is 0 Å². The average Bonchev–Trinajstić information content (AvgIpc) is 3.19. The number of halogens is 1. The number of hydrogen-bond donors (Lipinski definition) is 2. The summed E-state index contributed by atoms with van der Waals surface area (Å²) in [6.07, 6.45) is 1.90. The maximum atomic E-state index is 12.1. The highest BCUT2D eigenvalue weighted by atomic mass is 35.5. The molecule has 0 fully saturated rings. The van der Waals surface area contributed by atoms with Gasteiger partial charge in [-0.25, -0.2) is 0 Å². The van der Waals surface area contributed by atoms with Crippen molar-refractivity contribution in [3.8, 4) is 5.69 Å². The highest BCUT2D eigenvalue weighted by Crippen LogP contribution is 2.21. The first-order valence-corrected chi connectivity index (χ1v) is 10.3. The lowest BCUT2D eigenvalue weighted by Crippen LogP contribution is -2.36. The lowest BCUT2D eigenvalue weighted by molar-refractivity contribution is -0.121. The van der Waals surface area contributed by atoms with E-state index in [1.165, 1.54) is 11.8 Å². The second-order valence-electron chi connectivity index (χ2n) is 6.11. The Morgan fingerprint density at radius 2 is 1.76 bits per heavy atom. The first-order valence-electron chi connectivity index (χ1n) is 8.98. The Bertz CT molecular complexity index is 964. The summed E-state index contributed by atoms with van der Waals surface area (Å²) in [7, 11) is 0. The molecule has 3 aromatic rings. The van der Waals surface area contributed by atoms with Crippen molar-refractivity contribution in [2.45, 2.75) is 11.6 Å². The van der Waals surface area contributed by atoms with Crippen LogP contribution >= 0.6 is 23.4 Å². The van der Waals surface area contributed by atoms with E-state index in [0.717, 1.165) is 11.3 Å². The van der Waals surface area contributed by atoms with Gasteiger partial charge in [0.2, 0.25) is 11.8 Å². The fourth-order valence-electron chi connectivity index (χ4n) is 2.55. The summed E-state index contributed by atoms with van der Waals surface area (Å²) in [5.74, 6) is -0.0283. The minimum absolute atomic E-state index is 0.0746. The van der Waals surface area contributed by atoms with E-state index in [1.54, 1.807) is 23.0 Å². The summed E-state index contributed by atoms with van der Waals surface area (Å²) in [5.41, 5.74) is 1.78. The molecular formula is C20H20ClN5O2S. The predicted molar refractivity (Wildman–Crippen MR) is 113 cm³/mol. The number of carbonyl (C=O) groups is 2. The van der Waals surface area contributed by atoms with Gasteiger partial charge in [-0.15, -0.1) is 10.2 Å². The third kappa shape index (κ3) is 6.62. The Kier molecular flexibility index (Phi) is 7.66. The Balaban J connectivity index is 1.38. The van der Waals surface area contributed by atoms with Crippen LogP contribution in [0.2, 0.25) is 5.02 Å². The maximum absolute atomic E-state index is 12.1. The van der Waals surface area contributed by atoms with E-state index < -0.39 is 0 Å². The third-order valence-corrected chi connectivity index (χ3v) is 5.09. The summed E-state index contributed by atoms with van der Waals surface area (Å²) in [4.78, 5) is 23.9. The smallest absolute Gasteiger partial charge is 0.230 e. The zero-order chi connectivity index (χ0) is 20.5. The number of nitrogens with one attached hydrogen (secondary N) is 2. The van der Waals surface area contributed by atoms with Crippen LogP contribution in [0.15, 0.2) is 66.1 Å². The van der Waals surface area contributed by atoms with E-state index >= 15 is 0 Å². The largest absolute Gasteiger partial charge is 0.354 e. The van der Waals surface area contributed by atoms with Crippen molar-refractivity contribution in [1.82, 2.24) is 25.4 Å². The highest BCUT2D eigenvalue weighted by Gasteiger charge is 2.10. The lowest BCUT2D eigenvalue weighted by atomic mass is 10.1. The number of hydrogen-bond acceptors (Lipinski definition) is 5. The molecule has 9 heteroatoms. The van der Waals surface area contributed by atoms with Gasteiger partial charge >= 0.3 is 0 Å². The van der Waals surface area contributed by atoms with Crippen LogP contribution in [-0.4, -0.2) is 45.4 Å². The molecule has 1 heterocycles. The van der Waals surface area contributed by atoms with Crippen molar-refractivity contribution in [3.63, 3.8) is 0 Å². The Morgan fingerprint density at radius 1 is 1.00 bits per heavy atom. The van der Waals surface area contributed by atoms with Gasteiger partial charge in [0.25, 0.3) is 0 Å². The van der Waals surface area contributed by atoms with Crippen molar-refractivity contribution in [2.24, 2.45) is 0 Å². The fourth-order valence-corrected chi connectivity index (χ4v) is 3.50. The number of thioether (sulfide) groups is 1. The van der Waals surface area contributed by atoms with Gasteiger partial charge in [-0.2, -0.15) is 0 Å². The molecule has 2 amide bonds. The molecule has 29 heavy (non-hydrogen) atoms. The molecule has 1 aromatic heterocycles. The van der Waals surface area contributed by atoms with Gasteiger partial charge in [-0.3, -0.25) is 14.2 Å². The molecule has 3 rings (SSSR count). The maximum Gasteiger partial charge on any atom is 0.230 e. The molecule has 0 spiro atoms. The minimum atomic E-state index is -0.145. The molecule has 2 N–H and O–H groups in total. The zero-order valence-electron chi connectivity index (χ0n) is 15.5. The van der Waals surface area contributed by atoms with Crippen molar-refractivity contribution in [2.75, 3.05) is 18.8 Å². The topological polar surface area (TPSA) is 88.9 Å². The van der Waals surface area contributed by atoms with E-state index in [9.17, 15) is 9.59 Å². The quantitative estimate of drug-likeness (QED) is 0.403. The minimum Gasteiger partial charge on any atom is -0.354 e. The number of benzene rings is 2. The summed E-state index contributed by atoms with van der Waals surface area (Å²) in [6.45, 7) is 0.738. The molecular weight excluding hydrogens is 410 g/mol. The average molecular weight is 430 g/mol. The van der Waals surface area contributed by atoms with Gasteiger partial charge in [0, 0.05) is 18.1 Å². The van der Waals surface area contributed by atoms with Crippen molar-refractivity contribution in [1.29, 1.82) is 0 Å². The van der Waals surface area contributed by atoms with Gasteiger partial charge in [0.1, 0.15) is 6.33 Å². The number of amides is 2. The molecule has 0 aliphatic heterocycles. The Hall–Kier alpha value is -2.84. The molecule has 0 unspecified atom stereocenters. The van der Waals surface area contributed by atoms with Crippen LogP contribution in [-0.2, 0) is 16.0 Å². The number of nitrogens with zero attached hydrogens (tertiary/aromatic N) is 3. The van der Waals surface area contributed by atoms with Gasteiger partial charge in [0.15, 0.2) is 5.16 Å². The summed E-state index contributed by atoms with van der Waals surface area (Å²) in [6, 6.07) is 16.8. The number of aromatic nitrogens is 3. The summed E-state index contributed by atoms with van der Waals surface area (Å²) < 4.78 is 1.77. The van der Waals surface area contributed by atoms with Crippen molar-refractivity contribution >= 4 is 35.2 Å². The van der Waals surface area contributed by atoms with E-state index in [0.29, 0.717) is 29.7 Å². The van der Waals surface area contributed by atoms with E-state index in [4.69, 9.17) is 11.6 Å². The normalized spacial score (nSPS) is 10.5. The SMILES string of the molecule is O=C(CSc1nncn1-c1cccc(Cl)c1)NCCNC(=O)Cc1ccccc1. The fraction of sp³-hybridized carbons (Fsp3) is 0.200. The number of carbonyl (C=O) groups excluding carboxylic acids is 2. The second kappa shape index (κ2) is 10.6. The van der Waals surface area contributed by atoms with Crippen LogP contribution in [0.4, 0.5) is 0 Å². The van der Waals surface area contributed by atoms with Crippen LogP contribution in [0.3, 0.4) is 0 Å². The van der Waals surface area contributed by atoms with Crippen LogP contribution in [0, 0.1) is 0 Å². The molecule has 7 nitrogen and oxygen atoms in total. The standard InChI is InChI=1S/C20H20ClN5O2S/c21-16-7-4-8-17(12-16)26-14-24-25-20(26)29-13-19(28)23-10-9-22-18(27)11-15-5-2-1-3-6-15/h1-8,12,14H,9-11,13H2,(H,22,27)(H,23,28). The third-order valence-electron chi connectivity index (χ3n) is 3.91. The second-order valence-corrected chi connectivity index (χ2v) is 7.49. The summed E-state index contributed by atoms with van der Waals surface area (Å²) >= 11 is 7.30. The van der Waals surface area contributed by atoms with Gasteiger partial charge < -0.3 is 10.6 Å². The molecule has 0 aliphatic rings. The molecule has 150 valence electrons. The zero-order valence-corrected chi connectivity index (χ0v) is 17.1. The first kappa shape index (κ1) is 20.9. The summed E-state index contributed by atoms with van der Waals surface area (Å²) in [5, 5.41) is 14.7. The van der Waals surface area contributed by atoms with Crippen molar-refractivity contribution < 1.29 is 9.59 Å². The molecule has 0 radical (unpaired) electrons. The Morgan fingerprint density at radius 3 is 2.52 bits per heavy atom. The Labute approximate surface area is 177 Å². The highest BCUT2D eigenvalue weighted by molar-refractivity contribution is 7.99. The molecule has 0 saturated heterocycles. The van der Waals surface area contributed by atoms with E-state index in [-0.39, 0.29) is 17.6 Å². The van der Waals surface area contributed by atoms with Crippen molar-refractivity contribution in [3.05, 3.63) is 71.5 Å². The molecule has 0 bridgehead atoms. The van der Waals surface area contributed by atoms with Crippen LogP contribution in [0.1, 0.15) is 5.56 Å².